The first kappa shape index (κ1) is 15.5. The number of fused-ring (bicyclic) bond motifs is 1. The molecule has 1 atom stereocenters. The summed E-state index contributed by atoms with van der Waals surface area (Å²) < 4.78 is 0. The van der Waals surface area contributed by atoms with Crippen molar-refractivity contribution in [2.75, 3.05) is 0 Å². The van der Waals surface area contributed by atoms with E-state index in [1.165, 1.54) is 27.5 Å². The van der Waals surface area contributed by atoms with Crippen molar-refractivity contribution in [2.24, 2.45) is 0 Å². The van der Waals surface area contributed by atoms with Gasteiger partial charge >= 0.3 is 0 Å². The minimum absolute atomic E-state index is 0.0467. The van der Waals surface area contributed by atoms with Gasteiger partial charge in [0, 0.05) is 12.3 Å². The Labute approximate surface area is 137 Å². The van der Waals surface area contributed by atoms with Crippen molar-refractivity contribution in [3.8, 4) is 0 Å². The number of pyridine rings is 1. The first-order valence-electron chi connectivity index (χ1n) is 8.25. The van der Waals surface area contributed by atoms with E-state index in [-0.39, 0.29) is 5.56 Å². The van der Waals surface area contributed by atoms with Crippen LogP contribution in [0, 0.1) is 0 Å². The summed E-state index contributed by atoms with van der Waals surface area (Å²) in [5, 5.41) is 2.66. The smallest absolute Gasteiger partial charge is 0.247 e. The molecule has 3 rings (SSSR count). The molecule has 118 valence electrons. The van der Waals surface area contributed by atoms with E-state index < -0.39 is 0 Å². The molecule has 0 aliphatic rings. The van der Waals surface area contributed by atoms with E-state index in [0.717, 1.165) is 6.42 Å². The molecule has 0 saturated carbocycles. The summed E-state index contributed by atoms with van der Waals surface area (Å²) in [4.78, 5) is 14.0. The molecule has 1 aromatic heterocycles. The fourth-order valence-electron chi connectivity index (χ4n) is 3.38. The molecule has 1 N–H and O–H groups in total. The molecule has 2 heteroatoms. The predicted octanol–water partition coefficient (Wildman–Crippen LogP) is 5.00. The molecule has 0 spiro atoms. The van der Waals surface area contributed by atoms with Crippen molar-refractivity contribution in [3.05, 3.63) is 81.8 Å². The fourth-order valence-corrected chi connectivity index (χ4v) is 3.38. The minimum atomic E-state index is -0.0467. The number of hydrogen-bond donors (Lipinski definition) is 1. The quantitative estimate of drug-likeness (QED) is 0.723. The van der Waals surface area contributed by atoms with Gasteiger partial charge in [-0.05, 0) is 45.7 Å². The molecule has 0 radical (unpaired) electrons. The maximum Gasteiger partial charge on any atom is 0.247 e. The van der Waals surface area contributed by atoms with E-state index in [2.05, 4.69) is 62.2 Å². The van der Waals surface area contributed by atoms with E-state index in [4.69, 9.17) is 0 Å². The molecule has 0 aliphatic heterocycles. The molecule has 0 fully saturated rings. The number of hydrogen-bond acceptors (Lipinski definition) is 1. The van der Waals surface area contributed by atoms with Gasteiger partial charge in [-0.25, -0.2) is 0 Å². The number of H-pyrrole nitrogens is 1. The van der Waals surface area contributed by atoms with Crippen molar-refractivity contribution < 1.29 is 0 Å². The van der Waals surface area contributed by atoms with Gasteiger partial charge < -0.3 is 4.98 Å². The van der Waals surface area contributed by atoms with Crippen molar-refractivity contribution in [3.63, 3.8) is 0 Å². The number of aromatic amines is 1. The summed E-state index contributed by atoms with van der Waals surface area (Å²) >= 11 is 0. The molecule has 0 aliphatic carbocycles. The van der Waals surface area contributed by atoms with E-state index in [1.807, 2.05) is 12.3 Å². The molecule has 2 nitrogen and oxygen atoms in total. The van der Waals surface area contributed by atoms with Gasteiger partial charge in [-0.1, -0.05) is 63.2 Å². The summed E-state index contributed by atoms with van der Waals surface area (Å²) in [6.45, 7) is 6.73. The summed E-state index contributed by atoms with van der Waals surface area (Å²) in [5.74, 6) is 0.851. The van der Waals surface area contributed by atoms with Crippen LogP contribution in [0.4, 0.5) is 0 Å². The molecule has 2 aromatic carbocycles. The first-order chi connectivity index (χ1) is 11.1. The Bertz CT molecular complexity index is 856. The van der Waals surface area contributed by atoms with Crippen LogP contribution in [0.1, 0.15) is 49.3 Å². The van der Waals surface area contributed by atoms with Crippen LogP contribution in [0.25, 0.3) is 10.8 Å². The average Bonchev–Trinajstić information content (AvgIpc) is 2.54. The summed E-state index contributed by atoms with van der Waals surface area (Å²) in [6, 6.07) is 16.6. The Morgan fingerprint density at radius 3 is 2.43 bits per heavy atom. The van der Waals surface area contributed by atoms with Gasteiger partial charge in [0.15, 0.2) is 0 Å². The second-order valence-electron chi connectivity index (χ2n) is 6.61. The monoisotopic (exact) mass is 305 g/mol. The fraction of sp³-hybridized carbons (Fsp3) is 0.286. The minimum Gasteiger partial charge on any atom is -0.329 e. The van der Waals surface area contributed by atoms with E-state index >= 15 is 0 Å². The van der Waals surface area contributed by atoms with Crippen LogP contribution in [0.3, 0.4) is 0 Å². The zero-order valence-electron chi connectivity index (χ0n) is 14.0. The second kappa shape index (κ2) is 6.41. The van der Waals surface area contributed by atoms with Crippen molar-refractivity contribution in [1.82, 2.24) is 4.98 Å². The molecule has 0 saturated heterocycles. The highest BCUT2D eigenvalue weighted by Crippen LogP contribution is 2.32. The van der Waals surface area contributed by atoms with Gasteiger partial charge in [0.1, 0.15) is 0 Å². The van der Waals surface area contributed by atoms with Gasteiger partial charge in [-0.3, -0.25) is 4.79 Å². The zero-order valence-corrected chi connectivity index (χ0v) is 14.0. The first-order valence-corrected chi connectivity index (χ1v) is 8.25. The van der Waals surface area contributed by atoms with Crippen molar-refractivity contribution in [1.29, 1.82) is 0 Å². The van der Waals surface area contributed by atoms with Crippen LogP contribution in [0.5, 0.6) is 0 Å². The normalized spacial score (nSPS) is 12.7. The Morgan fingerprint density at radius 2 is 1.74 bits per heavy atom. The summed E-state index contributed by atoms with van der Waals surface area (Å²) in [5.41, 5.74) is 3.97. The van der Waals surface area contributed by atoms with Crippen LogP contribution in [0.2, 0.25) is 0 Å². The maximum absolute atomic E-state index is 11.2. The molecule has 23 heavy (non-hydrogen) atoms. The number of benzene rings is 2. The summed E-state index contributed by atoms with van der Waals surface area (Å²) in [6.07, 6.45) is 2.81. The number of aromatic nitrogens is 1. The molecule has 0 amide bonds. The van der Waals surface area contributed by atoms with E-state index in [0.29, 0.717) is 11.8 Å². The highest BCUT2D eigenvalue weighted by Gasteiger charge is 2.14. The second-order valence-corrected chi connectivity index (χ2v) is 6.61. The molecular formula is C21H23NO. The van der Waals surface area contributed by atoms with Crippen LogP contribution >= 0.6 is 0 Å². The Hall–Kier alpha value is -2.35. The third-order valence-electron chi connectivity index (χ3n) is 4.54. The van der Waals surface area contributed by atoms with Gasteiger partial charge in [-0.15, -0.1) is 0 Å². The third kappa shape index (κ3) is 3.21. The van der Waals surface area contributed by atoms with E-state index in [1.54, 1.807) is 6.07 Å². The predicted molar refractivity (Wildman–Crippen MR) is 97.2 cm³/mol. The average molecular weight is 305 g/mol. The van der Waals surface area contributed by atoms with Gasteiger partial charge in [-0.2, -0.15) is 0 Å². The Morgan fingerprint density at radius 1 is 0.957 bits per heavy atom. The Balaban J connectivity index is 2.00. The third-order valence-corrected chi connectivity index (χ3v) is 4.54. The lowest BCUT2D eigenvalue weighted by Gasteiger charge is -2.19. The molecule has 3 aromatic rings. The summed E-state index contributed by atoms with van der Waals surface area (Å²) in [7, 11) is 0. The van der Waals surface area contributed by atoms with Gasteiger partial charge in [0.05, 0.1) is 0 Å². The SMILES string of the molecule is CC(C)c1c(CC(C)c2ccc(=O)[nH]c2)ccc2ccccc12. The molecule has 1 heterocycles. The highest BCUT2D eigenvalue weighted by molar-refractivity contribution is 5.87. The lowest BCUT2D eigenvalue weighted by molar-refractivity contribution is 0.736. The molecule has 0 bridgehead atoms. The lowest BCUT2D eigenvalue weighted by Crippen LogP contribution is -2.07. The van der Waals surface area contributed by atoms with Crippen molar-refractivity contribution >= 4 is 10.8 Å². The topological polar surface area (TPSA) is 32.9 Å². The number of rotatable bonds is 4. The van der Waals surface area contributed by atoms with Crippen LogP contribution in [-0.2, 0) is 6.42 Å². The van der Waals surface area contributed by atoms with Crippen LogP contribution in [0.15, 0.2) is 59.5 Å². The Kier molecular flexibility index (Phi) is 4.33. The van der Waals surface area contributed by atoms with Crippen LogP contribution in [-0.4, -0.2) is 4.98 Å². The highest BCUT2D eigenvalue weighted by atomic mass is 16.1. The lowest BCUT2D eigenvalue weighted by atomic mass is 9.85. The van der Waals surface area contributed by atoms with Gasteiger partial charge in [0.2, 0.25) is 5.56 Å². The standard InChI is InChI=1S/C21H23NO/c1-14(2)21-17(9-8-16-6-4-5-7-19(16)21)12-15(3)18-10-11-20(23)22-13-18/h4-11,13-15H,12H2,1-3H3,(H,22,23). The molecular weight excluding hydrogens is 282 g/mol. The maximum atomic E-state index is 11.2. The molecule has 1 unspecified atom stereocenters. The van der Waals surface area contributed by atoms with Crippen molar-refractivity contribution in [2.45, 2.75) is 39.0 Å². The van der Waals surface area contributed by atoms with E-state index in [9.17, 15) is 4.79 Å². The largest absolute Gasteiger partial charge is 0.329 e. The van der Waals surface area contributed by atoms with Crippen LogP contribution < -0.4 is 5.56 Å². The van der Waals surface area contributed by atoms with Gasteiger partial charge in [0.25, 0.3) is 0 Å². The number of nitrogens with one attached hydrogen (secondary N) is 1. The zero-order chi connectivity index (χ0) is 16.4.